The van der Waals surface area contributed by atoms with Crippen LogP contribution in [0.2, 0.25) is 0 Å². The Morgan fingerprint density at radius 2 is 1.15 bits per heavy atom. The minimum atomic E-state index is -0.575. The van der Waals surface area contributed by atoms with Crippen molar-refractivity contribution >= 4 is 12.0 Å². The molecule has 1 rings (SSSR count). The summed E-state index contributed by atoms with van der Waals surface area (Å²) < 4.78 is 5.32. The van der Waals surface area contributed by atoms with Crippen LogP contribution in [0, 0.1) is 5.92 Å². The van der Waals surface area contributed by atoms with Crippen molar-refractivity contribution in [2.75, 3.05) is 6.54 Å². The molecule has 0 unspecified atom stereocenters. The van der Waals surface area contributed by atoms with E-state index in [2.05, 4.69) is 17.6 Å². The predicted molar refractivity (Wildman–Crippen MR) is 165 cm³/mol. The van der Waals surface area contributed by atoms with E-state index in [4.69, 9.17) is 4.74 Å². The maximum atomic E-state index is 12.8. The lowest BCUT2D eigenvalue weighted by atomic mass is 9.98. The van der Waals surface area contributed by atoms with Gasteiger partial charge in [0.2, 0.25) is 5.91 Å². The summed E-state index contributed by atoms with van der Waals surface area (Å²) in [6.07, 6.45) is 24.5. The standard InChI is InChI=1S/C34H60N2O3/c1-4-6-7-8-9-10-11-12-13-14-15-16-17-18-19-20-21-25-28-35-33(37)32(30(3)5-2)36-34(38)39-29-31-26-23-22-24-27-31/h22-24,26-27,30,32H,4-21,25,28-29H2,1-3H3,(H,35,37)(H,36,38)/t30-,32-/m0/s1. The quantitative estimate of drug-likeness (QED) is 0.120. The number of unbranched alkanes of at least 4 members (excludes halogenated alkanes) is 17. The van der Waals surface area contributed by atoms with Gasteiger partial charge in [-0.3, -0.25) is 4.79 Å². The van der Waals surface area contributed by atoms with Gasteiger partial charge in [-0.05, 0) is 17.9 Å². The smallest absolute Gasteiger partial charge is 0.408 e. The third kappa shape index (κ3) is 19.6. The average Bonchev–Trinajstić information content (AvgIpc) is 2.96. The van der Waals surface area contributed by atoms with Gasteiger partial charge in [0.05, 0.1) is 0 Å². The molecule has 0 radical (unpaired) electrons. The van der Waals surface area contributed by atoms with Gasteiger partial charge in [0.15, 0.2) is 0 Å². The molecule has 0 aliphatic rings. The van der Waals surface area contributed by atoms with E-state index in [0.717, 1.165) is 24.8 Å². The molecule has 1 aromatic rings. The fourth-order valence-corrected chi connectivity index (χ4v) is 4.94. The van der Waals surface area contributed by atoms with Gasteiger partial charge in [-0.25, -0.2) is 4.79 Å². The van der Waals surface area contributed by atoms with Crippen LogP contribution in [0.3, 0.4) is 0 Å². The van der Waals surface area contributed by atoms with Crippen LogP contribution in [0.25, 0.3) is 0 Å². The molecule has 0 spiro atoms. The SMILES string of the molecule is CCCCCCCCCCCCCCCCCCCCNC(=O)[C@@H](NC(=O)OCc1ccccc1)[C@@H](C)CC. The molecule has 0 aliphatic carbocycles. The first-order chi connectivity index (χ1) is 19.1. The van der Waals surface area contributed by atoms with Gasteiger partial charge in [-0.2, -0.15) is 0 Å². The second-order valence-corrected chi connectivity index (χ2v) is 11.4. The van der Waals surface area contributed by atoms with Crippen LogP contribution in [0.4, 0.5) is 4.79 Å². The fraction of sp³-hybridized carbons (Fsp3) is 0.765. The van der Waals surface area contributed by atoms with Crippen LogP contribution in [-0.4, -0.2) is 24.6 Å². The van der Waals surface area contributed by atoms with E-state index in [0.29, 0.717) is 6.54 Å². The van der Waals surface area contributed by atoms with Crippen LogP contribution in [0.15, 0.2) is 30.3 Å². The monoisotopic (exact) mass is 544 g/mol. The number of hydrogen-bond donors (Lipinski definition) is 2. The average molecular weight is 545 g/mol. The molecule has 0 saturated heterocycles. The van der Waals surface area contributed by atoms with E-state index in [-0.39, 0.29) is 18.4 Å². The number of carbonyl (C=O) groups is 2. The summed E-state index contributed by atoms with van der Waals surface area (Å²) in [7, 11) is 0. The molecule has 224 valence electrons. The maximum Gasteiger partial charge on any atom is 0.408 e. The molecular weight excluding hydrogens is 484 g/mol. The highest BCUT2D eigenvalue weighted by molar-refractivity contribution is 5.85. The van der Waals surface area contributed by atoms with Crippen LogP contribution >= 0.6 is 0 Å². The summed E-state index contributed by atoms with van der Waals surface area (Å²) in [6, 6.07) is 8.98. The number of amides is 2. The summed E-state index contributed by atoms with van der Waals surface area (Å²) in [5.41, 5.74) is 0.922. The lowest BCUT2D eigenvalue weighted by Gasteiger charge is -2.23. The molecular formula is C34H60N2O3. The third-order valence-electron chi connectivity index (χ3n) is 7.81. The van der Waals surface area contributed by atoms with Gasteiger partial charge >= 0.3 is 6.09 Å². The van der Waals surface area contributed by atoms with Gasteiger partial charge in [-0.15, -0.1) is 0 Å². The van der Waals surface area contributed by atoms with Crippen LogP contribution < -0.4 is 10.6 Å². The molecule has 2 atom stereocenters. The first-order valence-corrected chi connectivity index (χ1v) is 16.3. The number of benzene rings is 1. The Labute approximate surface area is 240 Å². The Morgan fingerprint density at radius 1 is 0.692 bits per heavy atom. The van der Waals surface area contributed by atoms with Gasteiger partial charge in [-0.1, -0.05) is 167 Å². The number of carbonyl (C=O) groups excluding carboxylic acids is 2. The van der Waals surface area contributed by atoms with Crippen molar-refractivity contribution in [2.24, 2.45) is 5.92 Å². The lowest BCUT2D eigenvalue weighted by Crippen LogP contribution is -2.50. The van der Waals surface area contributed by atoms with Crippen LogP contribution in [0.1, 0.15) is 148 Å². The molecule has 0 fully saturated rings. The fourth-order valence-electron chi connectivity index (χ4n) is 4.94. The highest BCUT2D eigenvalue weighted by Crippen LogP contribution is 2.14. The van der Waals surface area contributed by atoms with Crippen molar-refractivity contribution < 1.29 is 14.3 Å². The first-order valence-electron chi connectivity index (χ1n) is 16.3. The molecule has 39 heavy (non-hydrogen) atoms. The Bertz CT molecular complexity index is 710. The Hall–Kier alpha value is -2.04. The molecule has 0 aliphatic heterocycles. The van der Waals surface area contributed by atoms with E-state index < -0.39 is 12.1 Å². The van der Waals surface area contributed by atoms with Crippen molar-refractivity contribution in [3.63, 3.8) is 0 Å². The topological polar surface area (TPSA) is 67.4 Å². The molecule has 0 bridgehead atoms. The number of alkyl carbamates (subject to hydrolysis) is 1. The zero-order valence-electron chi connectivity index (χ0n) is 25.6. The third-order valence-corrected chi connectivity index (χ3v) is 7.81. The maximum absolute atomic E-state index is 12.8. The summed E-state index contributed by atoms with van der Waals surface area (Å²) in [6.45, 7) is 7.15. The van der Waals surface area contributed by atoms with E-state index in [1.54, 1.807) is 0 Å². The van der Waals surface area contributed by atoms with Crippen molar-refractivity contribution in [1.29, 1.82) is 0 Å². The minimum Gasteiger partial charge on any atom is -0.445 e. The van der Waals surface area contributed by atoms with Gasteiger partial charge < -0.3 is 15.4 Å². The molecule has 0 heterocycles. The highest BCUT2D eigenvalue weighted by atomic mass is 16.5. The molecule has 0 saturated carbocycles. The number of nitrogens with one attached hydrogen (secondary N) is 2. The summed E-state index contributed by atoms with van der Waals surface area (Å²) in [4.78, 5) is 25.0. The predicted octanol–water partition coefficient (Wildman–Crippen LogP) is 9.49. The molecule has 2 amide bonds. The molecule has 5 nitrogen and oxygen atoms in total. The van der Waals surface area contributed by atoms with E-state index in [1.165, 1.54) is 103 Å². The van der Waals surface area contributed by atoms with E-state index >= 15 is 0 Å². The van der Waals surface area contributed by atoms with Gasteiger partial charge in [0, 0.05) is 6.54 Å². The zero-order chi connectivity index (χ0) is 28.4. The van der Waals surface area contributed by atoms with Crippen molar-refractivity contribution in [2.45, 2.75) is 155 Å². The summed E-state index contributed by atoms with van der Waals surface area (Å²) >= 11 is 0. The molecule has 1 aromatic carbocycles. The van der Waals surface area contributed by atoms with Crippen molar-refractivity contribution in [3.8, 4) is 0 Å². The largest absolute Gasteiger partial charge is 0.445 e. The van der Waals surface area contributed by atoms with Crippen LogP contribution in [-0.2, 0) is 16.1 Å². The first kappa shape index (κ1) is 35.0. The molecule has 0 aromatic heterocycles. The summed E-state index contributed by atoms with van der Waals surface area (Å²) in [5, 5.41) is 5.80. The van der Waals surface area contributed by atoms with Crippen molar-refractivity contribution in [1.82, 2.24) is 10.6 Å². The molecule has 5 heteroatoms. The van der Waals surface area contributed by atoms with Gasteiger partial charge in [0.25, 0.3) is 0 Å². The Morgan fingerprint density at radius 3 is 1.62 bits per heavy atom. The second kappa shape index (κ2) is 25.0. The Balaban J connectivity index is 1.99. The summed E-state index contributed by atoms with van der Waals surface area (Å²) in [5.74, 6) is -0.0809. The van der Waals surface area contributed by atoms with E-state index in [1.807, 2.05) is 44.2 Å². The Kier molecular flexibility index (Phi) is 22.4. The molecule has 2 N–H and O–H groups in total. The zero-order valence-corrected chi connectivity index (χ0v) is 25.6. The number of rotatable bonds is 25. The van der Waals surface area contributed by atoms with E-state index in [9.17, 15) is 9.59 Å². The highest BCUT2D eigenvalue weighted by Gasteiger charge is 2.26. The second-order valence-electron chi connectivity index (χ2n) is 11.4. The van der Waals surface area contributed by atoms with Crippen LogP contribution in [0.5, 0.6) is 0 Å². The lowest BCUT2D eigenvalue weighted by molar-refractivity contribution is -0.124. The van der Waals surface area contributed by atoms with Gasteiger partial charge in [0.1, 0.15) is 12.6 Å². The number of ether oxygens (including phenoxy) is 1. The minimum absolute atomic E-state index is 0.0367. The normalized spacial score (nSPS) is 12.6. The number of hydrogen-bond acceptors (Lipinski definition) is 3. The van der Waals surface area contributed by atoms with Crippen molar-refractivity contribution in [3.05, 3.63) is 35.9 Å².